The Morgan fingerprint density at radius 3 is 2.29 bits per heavy atom. The Morgan fingerprint density at radius 1 is 0.971 bits per heavy atom. The predicted octanol–water partition coefficient (Wildman–Crippen LogP) is 6.89. The summed E-state index contributed by atoms with van der Waals surface area (Å²) in [6.45, 7) is 10.7. The molecule has 0 unspecified atom stereocenters. The van der Waals surface area contributed by atoms with Gasteiger partial charge in [-0.2, -0.15) is 5.10 Å². The SMILES string of the molecule is CC(C)(C)C.Cc1ccc(NC(=O)[C@H](Cc2ccccc2)NC(=O)c2ccc3cn[nH]c3c2)cc1.[HH].[HH].[HH].[HH]. The Hall–Kier alpha value is -3.93. The van der Waals surface area contributed by atoms with E-state index in [2.05, 4.69) is 48.5 Å². The molecule has 35 heavy (non-hydrogen) atoms. The fourth-order valence-electron chi connectivity index (χ4n) is 3.25. The maximum atomic E-state index is 13.0. The Balaban J connectivity index is 0. The minimum atomic E-state index is -0.723. The number of aromatic amines is 1. The van der Waals surface area contributed by atoms with E-state index >= 15 is 0 Å². The molecule has 4 aromatic rings. The highest BCUT2D eigenvalue weighted by Crippen LogP contribution is 2.15. The lowest BCUT2D eigenvalue weighted by atomic mass is 10.0. The molecule has 6 nitrogen and oxygen atoms in total. The summed E-state index contributed by atoms with van der Waals surface area (Å²) in [4.78, 5) is 25.9. The lowest BCUT2D eigenvalue weighted by molar-refractivity contribution is -0.118. The van der Waals surface area contributed by atoms with E-state index in [0.29, 0.717) is 23.1 Å². The van der Waals surface area contributed by atoms with Gasteiger partial charge in [0.05, 0.1) is 11.7 Å². The highest BCUT2D eigenvalue weighted by molar-refractivity contribution is 6.02. The van der Waals surface area contributed by atoms with Crippen LogP contribution in [0.3, 0.4) is 0 Å². The number of amides is 2. The second-order valence-electron chi connectivity index (χ2n) is 10.2. The predicted molar refractivity (Wildman–Crippen MR) is 151 cm³/mol. The molecule has 3 aromatic carbocycles. The number of hydrogen-bond acceptors (Lipinski definition) is 3. The van der Waals surface area contributed by atoms with Crippen LogP contribution in [0.4, 0.5) is 5.69 Å². The number of fused-ring (bicyclic) bond motifs is 1. The smallest absolute Gasteiger partial charge is 0.252 e. The van der Waals surface area contributed by atoms with E-state index in [1.165, 1.54) is 0 Å². The van der Waals surface area contributed by atoms with Crippen molar-refractivity contribution in [3.63, 3.8) is 0 Å². The van der Waals surface area contributed by atoms with Crippen LogP contribution >= 0.6 is 0 Å². The third-order valence-electron chi connectivity index (χ3n) is 4.93. The number of carbonyl (C=O) groups is 2. The maximum absolute atomic E-state index is 13.0. The van der Waals surface area contributed by atoms with Gasteiger partial charge in [0.25, 0.3) is 5.91 Å². The minimum absolute atomic E-state index is 0. The van der Waals surface area contributed by atoms with Gasteiger partial charge in [-0.05, 0) is 42.2 Å². The summed E-state index contributed by atoms with van der Waals surface area (Å²) in [7, 11) is 0. The molecular formula is C29H42N4O2. The van der Waals surface area contributed by atoms with Crippen molar-refractivity contribution in [2.75, 3.05) is 5.32 Å². The topological polar surface area (TPSA) is 86.9 Å². The molecular weight excluding hydrogens is 436 g/mol. The highest BCUT2D eigenvalue weighted by Gasteiger charge is 2.22. The Morgan fingerprint density at radius 2 is 1.63 bits per heavy atom. The third kappa shape index (κ3) is 8.41. The van der Waals surface area contributed by atoms with Gasteiger partial charge in [0.1, 0.15) is 6.04 Å². The Kier molecular flexibility index (Phi) is 8.42. The van der Waals surface area contributed by atoms with Gasteiger partial charge in [0.15, 0.2) is 0 Å². The van der Waals surface area contributed by atoms with E-state index < -0.39 is 6.04 Å². The van der Waals surface area contributed by atoms with E-state index in [0.717, 1.165) is 22.0 Å². The molecule has 190 valence electrons. The molecule has 0 aliphatic rings. The molecule has 0 saturated heterocycles. The number of nitrogens with zero attached hydrogens (tertiary/aromatic N) is 1. The first-order valence-electron chi connectivity index (χ1n) is 11.7. The van der Waals surface area contributed by atoms with E-state index in [1.807, 2.05) is 67.6 Å². The van der Waals surface area contributed by atoms with Crippen molar-refractivity contribution in [3.05, 3.63) is 95.7 Å². The average Bonchev–Trinajstić information content (AvgIpc) is 3.27. The van der Waals surface area contributed by atoms with Gasteiger partial charge >= 0.3 is 0 Å². The van der Waals surface area contributed by atoms with Crippen LogP contribution in [0.2, 0.25) is 0 Å². The molecule has 0 radical (unpaired) electrons. The number of H-pyrrole nitrogens is 1. The van der Waals surface area contributed by atoms with Crippen LogP contribution in [-0.2, 0) is 11.2 Å². The van der Waals surface area contributed by atoms with Gasteiger partial charge in [-0.3, -0.25) is 14.7 Å². The second-order valence-corrected chi connectivity index (χ2v) is 10.2. The molecule has 0 aliphatic carbocycles. The molecule has 0 fully saturated rings. The summed E-state index contributed by atoms with van der Waals surface area (Å²) < 4.78 is 0. The Bertz CT molecular complexity index is 1270. The molecule has 1 heterocycles. The van der Waals surface area contributed by atoms with E-state index in [9.17, 15) is 9.59 Å². The number of carbonyl (C=O) groups excluding carboxylic acids is 2. The fraction of sp³-hybridized carbons (Fsp3) is 0.276. The number of anilines is 1. The van der Waals surface area contributed by atoms with Crippen LogP contribution in [0.25, 0.3) is 10.9 Å². The van der Waals surface area contributed by atoms with Gasteiger partial charge < -0.3 is 10.6 Å². The average molecular weight is 479 g/mol. The van der Waals surface area contributed by atoms with Crippen molar-refractivity contribution in [2.24, 2.45) is 5.41 Å². The second kappa shape index (κ2) is 11.5. The highest BCUT2D eigenvalue weighted by atomic mass is 16.2. The zero-order chi connectivity index (χ0) is 25.4. The summed E-state index contributed by atoms with van der Waals surface area (Å²) >= 11 is 0. The van der Waals surface area contributed by atoms with E-state index in [1.54, 1.807) is 18.3 Å². The van der Waals surface area contributed by atoms with Crippen molar-refractivity contribution in [3.8, 4) is 0 Å². The van der Waals surface area contributed by atoms with Crippen molar-refractivity contribution in [2.45, 2.75) is 47.1 Å². The van der Waals surface area contributed by atoms with Crippen LogP contribution < -0.4 is 10.6 Å². The molecule has 0 bridgehead atoms. The third-order valence-corrected chi connectivity index (χ3v) is 4.93. The largest absolute Gasteiger partial charge is 0.340 e. The number of rotatable bonds is 6. The molecule has 1 atom stereocenters. The van der Waals surface area contributed by atoms with Crippen LogP contribution in [-0.4, -0.2) is 28.1 Å². The van der Waals surface area contributed by atoms with Gasteiger partial charge in [-0.25, -0.2) is 0 Å². The number of aryl methyl sites for hydroxylation is 1. The lowest BCUT2D eigenvalue weighted by Gasteiger charge is -2.19. The maximum Gasteiger partial charge on any atom is 0.252 e. The van der Waals surface area contributed by atoms with E-state index in [-0.39, 0.29) is 17.5 Å². The van der Waals surface area contributed by atoms with E-state index in [4.69, 9.17) is 0 Å². The van der Waals surface area contributed by atoms with Crippen LogP contribution in [0.1, 0.15) is 54.9 Å². The number of benzene rings is 3. The molecule has 0 aliphatic heterocycles. The molecule has 4 rings (SSSR count). The van der Waals surface area contributed by atoms with Crippen molar-refractivity contribution in [1.82, 2.24) is 15.5 Å². The number of nitrogens with one attached hydrogen (secondary N) is 3. The lowest BCUT2D eigenvalue weighted by Crippen LogP contribution is -2.45. The number of aromatic nitrogens is 2. The Labute approximate surface area is 213 Å². The van der Waals surface area contributed by atoms with Crippen molar-refractivity contribution in [1.29, 1.82) is 0 Å². The summed E-state index contributed by atoms with van der Waals surface area (Å²) in [5, 5.41) is 13.5. The van der Waals surface area contributed by atoms with Crippen LogP contribution in [0.15, 0.2) is 79.0 Å². The zero-order valence-electron chi connectivity index (χ0n) is 21.1. The standard InChI is InChI=1S/C24H22N4O2.C5H12.4H2/c1-16-7-11-20(12-8-16)26-24(30)22(13-17-5-3-2-4-6-17)27-23(29)18-9-10-19-15-25-28-21(19)14-18;1-5(2,3)4;;;;/h2-12,14-15,22H,13H2,1H3,(H,25,28)(H,26,30)(H,27,29);1-4H3;4*1H/t22-;;;;;/m0...../s1. The van der Waals surface area contributed by atoms with Gasteiger partial charge in [0, 0.05) is 28.8 Å². The molecule has 3 N–H and O–H groups in total. The van der Waals surface area contributed by atoms with Crippen LogP contribution in [0.5, 0.6) is 0 Å². The van der Waals surface area contributed by atoms with Crippen molar-refractivity contribution < 1.29 is 15.3 Å². The van der Waals surface area contributed by atoms with Crippen LogP contribution in [0, 0.1) is 12.3 Å². The zero-order valence-corrected chi connectivity index (χ0v) is 21.1. The summed E-state index contributed by atoms with van der Waals surface area (Å²) in [6.07, 6.45) is 2.08. The summed E-state index contributed by atoms with van der Waals surface area (Å²) in [5.74, 6) is -0.579. The molecule has 0 saturated carbocycles. The molecule has 6 heteroatoms. The fourth-order valence-corrected chi connectivity index (χ4v) is 3.25. The quantitative estimate of drug-likeness (QED) is 0.282. The summed E-state index contributed by atoms with van der Waals surface area (Å²) in [6, 6.07) is 21.7. The molecule has 2 amide bonds. The van der Waals surface area contributed by atoms with Gasteiger partial charge in [-0.1, -0.05) is 81.8 Å². The normalized spacial score (nSPS) is 11.8. The van der Waals surface area contributed by atoms with Crippen molar-refractivity contribution >= 4 is 28.4 Å². The van der Waals surface area contributed by atoms with Gasteiger partial charge in [-0.15, -0.1) is 0 Å². The number of hydrogen-bond donors (Lipinski definition) is 3. The first-order valence-corrected chi connectivity index (χ1v) is 11.7. The summed E-state index contributed by atoms with van der Waals surface area (Å²) in [5.41, 5.74) is 4.50. The first kappa shape index (κ1) is 25.7. The molecule has 0 spiro atoms. The molecule has 1 aromatic heterocycles. The minimum Gasteiger partial charge on any atom is -0.340 e. The van der Waals surface area contributed by atoms with Gasteiger partial charge in [0.2, 0.25) is 5.91 Å². The monoisotopic (exact) mass is 478 g/mol. The first-order chi connectivity index (χ1) is 16.6.